The van der Waals surface area contributed by atoms with E-state index < -0.39 is 0 Å². The van der Waals surface area contributed by atoms with Crippen molar-refractivity contribution in [1.82, 2.24) is 20.1 Å². The van der Waals surface area contributed by atoms with E-state index in [-0.39, 0.29) is 5.91 Å². The fourth-order valence-corrected chi connectivity index (χ4v) is 3.56. The lowest BCUT2D eigenvalue weighted by molar-refractivity contribution is -0.118. The first kappa shape index (κ1) is 17.8. The number of nitrogens with zero attached hydrogens (tertiary/aromatic N) is 3. The zero-order valence-electron chi connectivity index (χ0n) is 15.0. The van der Waals surface area contributed by atoms with Crippen molar-refractivity contribution in [3.05, 3.63) is 72.1 Å². The highest BCUT2D eigenvalue weighted by molar-refractivity contribution is 7.99. The highest BCUT2D eigenvalue weighted by Crippen LogP contribution is 2.40. The molecule has 0 unspecified atom stereocenters. The number of hydrogen-bond acceptors (Lipinski definition) is 4. The highest BCUT2D eigenvalue weighted by atomic mass is 32.2. The molecule has 138 valence electrons. The molecular formula is C21H22N4OS. The molecule has 2 aromatic carbocycles. The maximum atomic E-state index is 12.1. The third kappa shape index (κ3) is 4.77. The van der Waals surface area contributed by atoms with Gasteiger partial charge in [-0.2, -0.15) is 0 Å². The molecule has 0 bridgehead atoms. The van der Waals surface area contributed by atoms with Crippen molar-refractivity contribution < 1.29 is 4.79 Å². The summed E-state index contributed by atoms with van der Waals surface area (Å²) in [6.07, 6.45) is 3.16. The van der Waals surface area contributed by atoms with Crippen molar-refractivity contribution in [2.75, 3.05) is 12.3 Å². The van der Waals surface area contributed by atoms with Crippen LogP contribution in [0.15, 0.2) is 65.8 Å². The smallest absolute Gasteiger partial charge is 0.230 e. The summed E-state index contributed by atoms with van der Waals surface area (Å²) in [4.78, 5) is 16.8. The first-order valence-corrected chi connectivity index (χ1v) is 10.2. The Bertz CT molecular complexity index is 891. The Balaban J connectivity index is 1.32. The van der Waals surface area contributed by atoms with E-state index in [9.17, 15) is 4.79 Å². The van der Waals surface area contributed by atoms with Crippen LogP contribution in [0.2, 0.25) is 0 Å². The molecule has 1 amide bonds. The number of rotatable bonds is 8. The van der Waals surface area contributed by atoms with Gasteiger partial charge in [0.05, 0.1) is 11.4 Å². The Labute approximate surface area is 163 Å². The molecule has 0 spiro atoms. The van der Waals surface area contributed by atoms with Crippen molar-refractivity contribution in [2.24, 2.45) is 0 Å². The minimum atomic E-state index is 0.0139. The van der Waals surface area contributed by atoms with Gasteiger partial charge in [-0.05, 0) is 37.0 Å². The second-order valence-electron chi connectivity index (χ2n) is 6.65. The number of carbonyl (C=O) groups is 1. The predicted molar refractivity (Wildman–Crippen MR) is 107 cm³/mol. The van der Waals surface area contributed by atoms with Gasteiger partial charge >= 0.3 is 0 Å². The van der Waals surface area contributed by atoms with Crippen molar-refractivity contribution in [3.63, 3.8) is 0 Å². The molecule has 6 heteroatoms. The fraction of sp³-hybridized carbons (Fsp3) is 0.286. The molecule has 0 atom stereocenters. The van der Waals surface area contributed by atoms with Crippen LogP contribution in [0.5, 0.6) is 0 Å². The molecule has 1 heterocycles. The van der Waals surface area contributed by atoms with Gasteiger partial charge in [0, 0.05) is 12.5 Å². The number of nitrogens with one attached hydrogen (secondary N) is 1. The second kappa shape index (κ2) is 8.39. The lowest BCUT2D eigenvalue weighted by atomic mass is 10.1. The van der Waals surface area contributed by atoms with E-state index in [4.69, 9.17) is 0 Å². The molecule has 1 saturated carbocycles. The van der Waals surface area contributed by atoms with Gasteiger partial charge < -0.3 is 5.32 Å². The number of hydrogen-bond donors (Lipinski definition) is 1. The van der Waals surface area contributed by atoms with Gasteiger partial charge in [0.15, 0.2) is 0 Å². The molecule has 1 N–H and O–H groups in total. The molecule has 1 aliphatic rings. The molecule has 1 aromatic heterocycles. The molecule has 0 radical (unpaired) electrons. The molecule has 1 fully saturated rings. The zero-order chi connectivity index (χ0) is 18.5. The number of aromatic nitrogens is 3. The summed E-state index contributed by atoms with van der Waals surface area (Å²) in [5.41, 5.74) is 2.24. The van der Waals surface area contributed by atoms with Crippen LogP contribution in [0.3, 0.4) is 0 Å². The lowest BCUT2D eigenvalue weighted by Gasteiger charge is -2.04. The minimum Gasteiger partial charge on any atom is -0.355 e. The van der Waals surface area contributed by atoms with Crippen molar-refractivity contribution in [2.45, 2.75) is 30.3 Å². The standard InChI is InChI=1S/C21H22N4OS/c26-19(22-14-13-16-7-3-1-4-8-16)15-27-21-23-20(17-11-12-17)25(24-21)18-9-5-2-6-10-18/h1-10,17H,11-15H2,(H,22,26). The number of para-hydroxylation sites is 1. The van der Waals surface area contributed by atoms with E-state index in [1.807, 2.05) is 53.2 Å². The van der Waals surface area contributed by atoms with E-state index >= 15 is 0 Å². The van der Waals surface area contributed by atoms with Gasteiger partial charge in [0.25, 0.3) is 0 Å². The number of carbonyl (C=O) groups excluding carboxylic acids is 1. The summed E-state index contributed by atoms with van der Waals surface area (Å²) < 4.78 is 1.92. The topological polar surface area (TPSA) is 59.8 Å². The van der Waals surface area contributed by atoms with Crippen molar-refractivity contribution in [1.29, 1.82) is 0 Å². The SMILES string of the molecule is O=C(CSc1nc(C2CC2)n(-c2ccccc2)n1)NCCc1ccccc1. The zero-order valence-corrected chi connectivity index (χ0v) is 15.9. The fourth-order valence-electron chi connectivity index (χ4n) is 2.90. The lowest BCUT2D eigenvalue weighted by Crippen LogP contribution is -2.27. The molecule has 0 aliphatic heterocycles. The van der Waals surface area contributed by atoms with Gasteiger partial charge in [0.2, 0.25) is 11.1 Å². The van der Waals surface area contributed by atoms with Crippen LogP contribution < -0.4 is 5.32 Å². The highest BCUT2D eigenvalue weighted by Gasteiger charge is 2.30. The summed E-state index contributed by atoms with van der Waals surface area (Å²) in [5.74, 6) is 1.84. The van der Waals surface area contributed by atoms with Crippen LogP contribution in [0.1, 0.15) is 30.1 Å². The Kier molecular flexibility index (Phi) is 5.53. The average Bonchev–Trinajstić information content (AvgIpc) is 3.47. The molecule has 5 nitrogen and oxygen atoms in total. The van der Waals surface area contributed by atoms with E-state index in [1.54, 1.807) is 0 Å². The Hall–Kier alpha value is -2.60. The first-order chi connectivity index (χ1) is 13.3. The molecular weight excluding hydrogens is 356 g/mol. The van der Waals surface area contributed by atoms with E-state index in [0.29, 0.717) is 23.4 Å². The maximum absolute atomic E-state index is 12.1. The van der Waals surface area contributed by atoms with Crippen LogP contribution >= 0.6 is 11.8 Å². The molecule has 27 heavy (non-hydrogen) atoms. The molecule has 1 aliphatic carbocycles. The molecule has 4 rings (SSSR count). The largest absolute Gasteiger partial charge is 0.355 e. The van der Waals surface area contributed by atoms with Gasteiger partial charge in [-0.3, -0.25) is 4.79 Å². The average molecular weight is 379 g/mol. The van der Waals surface area contributed by atoms with E-state index in [0.717, 1.165) is 30.8 Å². The predicted octanol–water partition coefficient (Wildman–Crippen LogP) is 3.60. The van der Waals surface area contributed by atoms with Crippen molar-refractivity contribution in [3.8, 4) is 5.69 Å². The Morgan fingerprint density at radius 3 is 2.48 bits per heavy atom. The normalized spacial score (nSPS) is 13.5. The summed E-state index contributed by atoms with van der Waals surface area (Å²) >= 11 is 1.39. The number of amides is 1. The van der Waals surface area contributed by atoms with Gasteiger partial charge in [-0.25, -0.2) is 9.67 Å². The minimum absolute atomic E-state index is 0.0139. The molecule has 3 aromatic rings. The Morgan fingerprint density at radius 1 is 1.07 bits per heavy atom. The quantitative estimate of drug-likeness (QED) is 0.609. The van der Waals surface area contributed by atoms with Crippen LogP contribution in [-0.2, 0) is 11.2 Å². The third-order valence-electron chi connectivity index (χ3n) is 4.47. The summed E-state index contributed by atoms with van der Waals surface area (Å²) in [7, 11) is 0. The number of benzene rings is 2. The first-order valence-electron chi connectivity index (χ1n) is 9.25. The Morgan fingerprint density at radius 2 is 1.78 bits per heavy atom. The maximum Gasteiger partial charge on any atom is 0.230 e. The van der Waals surface area contributed by atoms with Crippen LogP contribution in [-0.4, -0.2) is 33.0 Å². The van der Waals surface area contributed by atoms with Crippen molar-refractivity contribution >= 4 is 17.7 Å². The summed E-state index contributed by atoms with van der Waals surface area (Å²) in [6, 6.07) is 20.2. The third-order valence-corrected chi connectivity index (χ3v) is 5.30. The van der Waals surface area contributed by atoms with E-state index in [2.05, 4.69) is 27.5 Å². The van der Waals surface area contributed by atoms with Crippen LogP contribution in [0, 0.1) is 0 Å². The van der Waals surface area contributed by atoms with Gasteiger partial charge in [-0.1, -0.05) is 60.3 Å². The van der Waals surface area contributed by atoms with Gasteiger partial charge in [-0.15, -0.1) is 5.10 Å². The van der Waals surface area contributed by atoms with Crippen LogP contribution in [0.4, 0.5) is 0 Å². The second-order valence-corrected chi connectivity index (χ2v) is 7.59. The monoisotopic (exact) mass is 378 g/mol. The molecule has 0 saturated heterocycles. The van der Waals surface area contributed by atoms with Gasteiger partial charge in [0.1, 0.15) is 5.82 Å². The van der Waals surface area contributed by atoms with Crippen LogP contribution in [0.25, 0.3) is 5.69 Å². The summed E-state index contributed by atoms with van der Waals surface area (Å²) in [6.45, 7) is 0.641. The number of thioether (sulfide) groups is 1. The summed E-state index contributed by atoms with van der Waals surface area (Å²) in [5, 5.41) is 8.26. The van der Waals surface area contributed by atoms with E-state index in [1.165, 1.54) is 17.3 Å².